The van der Waals surface area contributed by atoms with E-state index in [4.69, 9.17) is 0 Å². The van der Waals surface area contributed by atoms with Crippen LogP contribution in [0.25, 0.3) is 0 Å². The normalized spacial score (nSPS) is 10.8. The number of aliphatic imine (C=N–C) groups is 1. The number of nitro groups is 1. The van der Waals surface area contributed by atoms with Gasteiger partial charge in [0, 0.05) is 31.8 Å². The first kappa shape index (κ1) is 21.8. The second kappa shape index (κ2) is 10.7. The molecule has 0 aliphatic heterocycles. The predicted molar refractivity (Wildman–Crippen MR) is 112 cm³/mol. The fourth-order valence-corrected chi connectivity index (χ4v) is 2.49. The first-order chi connectivity index (χ1) is 12.0. The molecule has 0 aliphatic rings. The highest BCUT2D eigenvalue weighted by molar-refractivity contribution is 14.0. The Bertz CT molecular complexity index is 784. The maximum absolute atomic E-state index is 13.1. The Kier molecular flexibility index (Phi) is 8.97. The molecule has 2 N–H and O–H groups in total. The monoisotopic (exact) mass is 472 g/mol. The summed E-state index contributed by atoms with van der Waals surface area (Å²) in [6.07, 6.45) is 0.721. The van der Waals surface area contributed by atoms with Crippen LogP contribution in [0, 0.1) is 22.9 Å². The van der Waals surface area contributed by atoms with Crippen molar-refractivity contribution in [2.24, 2.45) is 4.99 Å². The molecular formula is C18H22FIN4O2. The summed E-state index contributed by atoms with van der Waals surface area (Å²) < 4.78 is 13.1. The summed E-state index contributed by atoms with van der Waals surface area (Å²) in [5.41, 5.74) is 2.63. The van der Waals surface area contributed by atoms with Crippen LogP contribution in [0.4, 0.5) is 10.1 Å². The van der Waals surface area contributed by atoms with Gasteiger partial charge in [-0.15, -0.1) is 24.0 Å². The fraction of sp³-hybridized carbons (Fsp3) is 0.278. The maximum Gasteiger partial charge on any atom is 0.274 e. The smallest absolute Gasteiger partial charge is 0.274 e. The number of guanidine groups is 1. The van der Waals surface area contributed by atoms with Gasteiger partial charge in [0.1, 0.15) is 5.82 Å². The minimum absolute atomic E-state index is 0. The van der Waals surface area contributed by atoms with Gasteiger partial charge in [0.2, 0.25) is 0 Å². The lowest BCUT2D eigenvalue weighted by Gasteiger charge is -2.13. The van der Waals surface area contributed by atoms with Crippen molar-refractivity contribution in [1.29, 1.82) is 0 Å². The molecule has 0 bridgehead atoms. The zero-order valence-electron chi connectivity index (χ0n) is 14.7. The summed E-state index contributed by atoms with van der Waals surface area (Å²) in [6, 6.07) is 11.3. The number of para-hydroxylation sites is 1. The number of nitro benzene ring substituents is 1. The molecule has 6 nitrogen and oxygen atoms in total. The Hall–Kier alpha value is -2.23. The van der Waals surface area contributed by atoms with Crippen LogP contribution in [-0.4, -0.2) is 24.5 Å². The summed E-state index contributed by atoms with van der Waals surface area (Å²) in [7, 11) is 1.64. The van der Waals surface area contributed by atoms with E-state index in [0.717, 1.165) is 17.5 Å². The molecule has 0 fully saturated rings. The van der Waals surface area contributed by atoms with Crippen molar-refractivity contribution >= 4 is 35.6 Å². The third-order valence-corrected chi connectivity index (χ3v) is 3.85. The third-order valence-electron chi connectivity index (χ3n) is 3.85. The standard InChI is InChI=1S/C18H21FN4O2.HI/c1-13-11-16(19)8-7-14(13)9-10-21-18(20-2)22-12-15-5-3-4-6-17(15)23(24)25;/h3-8,11H,9-10,12H2,1-2H3,(H2,20,21,22);1H. The molecule has 0 saturated heterocycles. The van der Waals surface area contributed by atoms with Crippen molar-refractivity contribution in [3.8, 4) is 0 Å². The summed E-state index contributed by atoms with van der Waals surface area (Å²) in [5.74, 6) is 0.314. The molecule has 0 aliphatic carbocycles. The van der Waals surface area contributed by atoms with Crippen molar-refractivity contribution in [3.05, 3.63) is 75.1 Å². The van der Waals surface area contributed by atoms with Crippen LogP contribution in [0.3, 0.4) is 0 Å². The predicted octanol–water partition coefficient (Wildman–Crippen LogP) is 3.57. The van der Waals surface area contributed by atoms with Crippen molar-refractivity contribution in [3.63, 3.8) is 0 Å². The molecule has 2 aromatic carbocycles. The summed E-state index contributed by atoms with van der Waals surface area (Å²) in [6.45, 7) is 2.79. The lowest BCUT2D eigenvalue weighted by atomic mass is 10.1. The molecule has 0 unspecified atom stereocenters. The van der Waals surface area contributed by atoms with E-state index in [1.165, 1.54) is 18.2 Å². The molecule has 0 spiro atoms. The average molecular weight is 472 g/mol. The van der Waals surface area contributed by atoms with E-state index in [2.05, 4.69) is 15.6 Å². The second-order valence-electron chi connectivity index (χ2n) is 5.56. The van der Waals surface area contributed by atoms with Gasteiger partial charge in [-0.1, -0.05) is 24.3 Å². The topological polar surface area (TPSA) is 79.6 Å². The molecule has 0 aromatic heterocycles. The largest absolute Gasteiger partial charge is 0.356 e. The summed E-state index contributed by atoms with van der Waals surface area (Å²) in [4.78, 5) is 14.7. The first-order valence-electron chi connectivity index (χ1n) is 7.93. The van der Waals surface area contributed by atoms with Crippen molar-refractivity contribution < 1.29 is 9.31 Å². The molecule has 26 heavy (non-hydrogen) atoms. The molecule has 140 valence electrons. The highest BCUT2D eigenvalue weighted by Gasteiger charge is 2.12. The van der Waals surface area contributed by atoms with Gasteiger partial charge >= 0.3 is 0 Å². The molecule has 2 rings (SSSR count). The van der Waals surface area contributed by atoms with Crippen LogP contribution in [0.1, 0.15) is 16.7 Å². The van der Waals surface area contributed by atoms with Crippen LogP contribution in [0.5, 0.6) is 0 Å². The van der Waals surface area contributed by atoms with Crippen LogP contribution in [-0.2, 0) is 13.0 Å². The second-order valence-corrected chi connectivity index (χ2v) is 5.56. The fourth-order valence-electron chi connectivity index (χ4n) is 2.49. The van der Waals surface area contributed by atoms with E-state index in [0.29, 0.717) is 24.6 Å². The van der Waals surface area contributed by atoms with Gasteiger partial charge in [0.25, 0.3) is 5.69 Å². The zero-order valence-corrected chi connectivity index (χ0v) is 17.0. The van der Waals surface area contributed by atoms with Crippen LogP contribution >= 0.6 is 24.0 Å². The van der Waals surface area contributed by atoms with Gasteiger partial charge < -0.3 is 10.6 Å². The molecule has 2 aromatic rings. The number of nitrogens with zero attached hydrogens (tertiary/aromatic N) is 2. The van der Waals surface area contributed by atoms with E-state index < -0.39 is 4.92 Å². The van der Waals surface area contributed by atoms with Gasteiger partial charge in [0.15, 0.2) is 5.96 Å². The molecule has 0 radical (unpaired) electrons. The minimum atomic E-state index is -0.398. The third kappa shape index (κ3) is 6.25. The minimum Gasteiger partial charge on any atom is -0.356 e. The number of hydrogen-bond donors (Lipinski definition) is 2. The quantitative estimate of drug-likeness (QED) is 0.222. The molecule has 0 amide bonds. The number of nitrogens with one attached hydrogen (secondary N) is 2. The number of aryl methyl sites for hydroxylation is 1. The molecule has 0 saturated carbocycles. The highest BCUT2D eigenvalue weighted by Crippen LogP contribution is 2.17. The van der Waals surface area contributed by atoms with Gasteiger partial charge in [-0.3, -0.25) is 15.1 Å². The Labute approximate surface area is 169 Å². The molecule has 8 heteroatoms. The van der Waals surface area contributed by atoms with Gasteiger partial charge in [-0.05, 0) is 36.6 Å². The van der Waals surface area contributed by atoms with Crippen molar-refractivity contribution in [2.75, 3.05) is 13.6 Å². The molecular weight excluding hydrogens is 450 g/mol. The SMILES string of the molecule is CN=C(NCCc1ccc(F)cc1C)NCc1ccccc1[N+](=O)[O-].I. The lowest BCUT2D eigenvalue weighted by Crippen LogP contribution is -2.38. The number of benzene rings is 2. The van der Waals surface area contributed by atoms with Crippen LogP contribution in [0.2, 0.25) is 0 Å². The van der Waals surface area contributed by atoms with E-state index >= 15 is 0 Å². The average Bonchev–Trinajstić information content (AvgIpc) is 2.59. The number of hydrogen-bond acceptors (Lipinski definition) is 3. The molecule has 0 heterocycles. The zero-order chi connectivity index (χ0) is 18.2. The lowest BCUT2D eigenvalue weighted by molar-refractivity contribution is -0.385. The van der Waals surface area contributed by atoms with Crippen molar-refractivity contribution in [2.45, 2.75) is 19.9 Å². The van der Waals surface area contributed by atoms with Gasteiger partial charge in [-0.25, -0.2) is 4.39 Å². The number of rotatable bonds is 6. The van der Waals surface area contributed by atoms with Gasteiger partial charge in [0.05, 0.1) is 4.92 Å². The number of halogens is 2. The van der Waals surface area contributed by atoms with E-state index in [1.54, 1.807) is 31.3 Å². The van der Waals surface area contributed by atoms with Gasteiger partial charge in [-0.2, -0.15) is 0 Å². The Balaban J connectivity index is 0.00000338. The van der Waals surface area contributed by atoms with E-state index in [9.17, 15) is 14.5 Å². The Morgan fingerprint density at radius 3 is 2.58 bits per heavy atom. The van der Waals surface area contributed by atoms with E-state index in [-0.39, 0.29) is 35.5 Å². The van der Waals surface area contributed by atoms with E-state index in [1.807, 2.05) is 6.92 Å². The van der Waals surface area contributed by atoms with Crippen molar-refractivity contribution in [1.82, 2.24) is 10.6 Å². The van der Waals surface area contributed by atoms with Crippen LogP contribution < -0.4 is 10.6 Å². The first-order valence-corrected chi connectivity index (χ1v) is 7.93. The Morgan fingerprint density at radius 1 is 1.19 bits per heavy atom. The summed E-state index contributed by atoms with van der Waals surface area (Å²) in [5, 5.41) is 17.2. The van der Waals surface area contributed by atoms with Crippen LogP contribution in [0.15, 0.2) is 47.5 Å². The Morgan fingerprint density at radius 2 is 1.92 bits per heavy atom. The molecule has 0 atom stereocenters. The highest BCUT2D eigenvalue weighted by atomic mass is 127. The summed E-state index contributed by atoms with van der Waals surface area (Å²) >= 11 is 0. The maximum atomic E-state index is 13.1.